The molecule has 2 atom stereocenters. The summed E-state index contributed by atoms with van der Waals surface area (Å²) >= 11 is 0. The minimum Gasteiger partial charge on any atom is -0.0880 e. The molecular weight excluding hydrogens is 120 g/mol. The molecule has 58 valence electrons. The van der Waals surface area contributed by atoms with E-state index in [2.05, 4.69) is 39.8 Å². The summed E-state index contributed by atoms with van der Waals surface area (Å²) in [5.74, 6) is 1.59. The molecule has 0 heterocycles. The van der Waals surface area contributed by atoms with Crippen LogP contribution in [0.1, 0.15) is 34.1 Å². The van der Waals surface area contributed by atoms with Gasteiger partial charge in [0, 0.05) is 0 Å². The molecule has 10 heavy (non-hydrogen) atoms. The molecule has 0 saturated carbocycles. The van der Waals surface area contributed by atoms with Crippen molar-refractivity contribution in [1.29, 1.82) is 0 Å². The van der Waals surface area contributed by atoms with Crippen molar-refractivity contribution in [2.45, 2.75) is 34.1 Å². The van der Waals surface area contributed by atoms with Gasteiger partial charge in [-0.1, -0.05) is 39.8 Å². The van der Waals surface area contributed by atoms with E-state index >= 15 is 0 Å². The predicted octanol–water partition coefficient (Wildman–Crippen LogP) is 3.24. The van der Waals surface area contributed by atoms with Crippen molar-refractivity contribution in [3.63, 3.8) is 0 Å². The number of allylic oxidation sites excluding steroid dienone is 2. The lowest BCUT2D eigenvalue weighted by atomic mass is 9.67. The van der Waals surface area contributed by atoms with Crippen LogP contribution in [0.2, 0.25) is 0 Å². The Morgan fingerprint density at radius 1 is 1.30 bits per heavy atom. The Morgan fingerprint density at radius 3 is 2.30 bits per heavy atom. The second-order valence-corrected chi connectivity index (χ2v) is 4.17. The molecule has 1 rings (SSSR count). The first kappa shape index (κ1) is 7.84. The van der Waals surface area contributed by atoms with Gasteiger partial charge in [-0.3, -0.25) is 0 Å². The highest BCUT2D eigenvalue weighted by Gasteiger charge is 2.31. The van der Waals surface area contributed by atoms with E-state index in [9.17, 15) is 0 Å². The maximum atomic E-state index is 2.37. The van der Waals surface area contributed by atoms with Gasteiger partial charge in [-0.25, -0.2) is 0 Å². The Morgan fingerprint density at radius 2 is 1.90 bits per heavy atom. The molecule has 1 aliphatic rings. The molecule has 0 bridgehead atoms. The summed E-state index contributed by atoms with van der Waals surface area (Å²) in [4.78, 5) is 0. The summed E-state index contributed by atoms with van der Waals surface area (Å²) in [7, 11) is 0. The van der Waals surface area contributed by atoms with Crippen molar-refractivity contribution in [1.82, 2.24) is 0 Å². The van der Waals surface area contributed by atoms with Gasteiger partial charge in [-0.2, -0.15) is 0 Å². The van der Waals surface area contributed by atoms with Crippen LogP contribution in [-0.4, -0.2) is 0 Å². The van der Waals surface area contributed by atoms with E-state index < -0.39 is 0 Å². The van der Waals surface area contributed by atoms with E-state index in [4.69, 9.17) is 0 Å². The van der Waals surface area contributed by atoms with Crippen LogP contribution in [0.3, 0.4) is 0 Å². The highest BCUT2D eigenvalue weighted by atomic mass is 14.4. The second-order valence-electron chi connectivity index (χ2n) is 4.17. The quantitative estimate of drug-likeness (QED) is 0.451. The van der Waals surface area contributed by atoms with Crippen LogP contribution < -0.4 is 0 Å². The van der Waals surface area contributed by atoms with E-state index in [1.807, 2.05) is 0 Å². The lowest BCUT2D eigenvalue weighted by molar-refractivity contribution is 0.160. The molecule has 0 N–H and O–H groups in total. The van der Waals surface area contributed by atoms with E-state index in [-0.39, 0.29) is 0 Å². The number of hydrogen-bond donors (Lipinski definition) is 0. The first-order valence-corrected chi connectivity index (χ1v) is 4.22. The zero-order chi connectivity index (χ0) is 7.78. The monoisotopic (exact) mass is 138 g/mol. The van der Waals surface area contributed by atoms with Gasteiger partial charge < -0.3 is 0 Å². The average Bonchev–Trinajstić information content (AvgIpc) is 1.84. The van der Waals surface area contributed by atoms with Crippen LogP contribution in [0.5, 0.6) is 0 Å². The molecule has 0 saturated heterocycles. The van der Waals surface area contributed by atoms with Gasteiger partial charge in [-0.15, -0.1) is 0 Å². The standard InChI is InChI=1S/C10H18/c1-8-6-5-7-9(2)10(8,3)4/h5-6,8-9H,7H2,1-4H3/t8-,9?/m1/s1. The van der Waals surface area contributed by atoms with Crippen LogP contribution in [0.4, 0.5) is 0 Å². The largest absolute Gasteiger partial charge is 0.0880 e. The smallest absolute Gasteiger partial charge is 0.0208 e. The molecular formula is C10H18. The average molecular weight is 138 g/mol. The van der Waals surface area contributed by atoms with Crippen LogP contribution >= 0.6 is 0 Å². The van der Waals surface area contributed by atoms with Crippen LogP contribution in [-0.2, 0) is 0 Å². The zero-order valence-corrected chi connectivity index (χ0v) is 7.52. The maximum absolute atomic E-state index is 2.37. The van der Waals surface area contributed by atoms with Crippen molar-refractivity contribution < 1.29 is 0 Å². The lowest BCUT2D eigenvalue weighted by Crippen LogP contribution is -2.30. The molecule has 0 aromatic heterocycles. The molecule has 0 spiro atoms. The van der Waals surface area contributed by atoms with E-state index in [1.54, 1.807) is 0 Å². The number of hydrogen-bond acceptors (Lipinski definition) is 0. The van der Waals surface area contributed by atoms with Gasteiger partial charge in [0.25, 0.3) is 0 Å². The minimum atomic E-state index is 0.509. The maximum Gasteiger partial charge on any atom is -0.0208 e. The van der Waals surface area contributed by atoms with Crippen molar-refractivity contribution in [2.24, 2.45) is 17.3 Å². The molecule has 0 aliphatic heterocycles. The zero-order valence-electron chi connectivity index (χ0n) is 7.52. The Kier molecular flexibility index (Phi) is 1.89. The summed E-state index contributed by atoms with van der Waals surface area (Å²) in [5.41, 5.74) is 0.509. The van der Waals surface area contributed by atoms with Gasteiger partial charge in [0.05, 0.1) is 0 Å². The molecule has 1 aliphatic carbocycles. The van der Waals surface area contributed by atoms with Crippen molar-refractivity contribution in [3.05, 3.63) is 12.2 Å². The topological polar surface area (TPSA) is 0 Å². The van der Waals surface area contributed by atoms with Crippen LogP contribution in [0, 0.1) is 17.3 Å². The van der Waals surface area contributed by atoms with Gasteiger partial charge in [-0.05, 0) is 23.7 Å². The van der Waals surface area contributed by atoms with E-state index in [0.717, 1.165) is 11.8 Å². The normalized spacial score (nSPS) is 38.0. The second kappa shape index (κ2) is 2.41. The molecule has 0 heteroatoms. The Bertz CT molecular complexity index is 142. The van der Waals surface area contributed by atoms with Gasteiger partial charge in [0.1, 0.15) is 0 Å². The molecule has 0 radical (unpaired) electrons. The van der Waals surface area contributed by atoms with Gasteiger partial charge >= 0.3 is 0 Å². The Labute approximate surface area is 64.3 Å². The van der Waals surface area contributed by atoms with Crippen LogP contribution in [0.15, 0.2) is 12.2 Å². The fourth-order valence-corrected chi connectivity index (χ4v) is 1.49. The Hall–Kier alpha value is -0.260. The molecule has 0 nitrogen and oxygen atoms in total. The third kappa shape index (κ3) is 1.12. The molecule has 0 aromatic rings. The molecule has 0 fully saturated rings. The first-order valence-electron chi connectivity index (χ1n) is 4.22. The van der Waals surface area contributed by atoms with E-state index in [1.165, 1.54) is 6.42 Å². The van der Waals surface area contributed by atoms with Crippen molar-refractivity contribution >= 4 is 0 Å². The number of rotatable bonds is 0. The summed E-state index contributed by atoms with van der Waals surface area (Å²) in [5, 5.41) is 0. The third-order valence-corrected chi connectivity index (χ3v) is 3.36. The van der Waals surface area contributed by atoms with Gasteiger partial charge in [0.2, 0.25) is 0 Å². The fraction of sp³-hybridized carbons (Fsp3) is 0.800. The van der Waals surface area contributed by atoms with Gasteiger partial charge in [0.15, 0.2) is 0 Å². The lowest BCUT2D eigenvalue weighted by Gasteiger charge is -2.38. The predicted molar refractivity (Wildman–Crippen MR) is 45.9 cm³/mol. The summed E-state index contributed by atoms with van der Waals surface area (Å²) in [6.07, 6.45) is 5.93. The summed E-state index contributed by atoms with van der Waals surface area (Å²) in [6, 6.07) is 0. The van der Waals surface area contributed by atoms with E-state index in [0.29, 0.717) is 5.41 Å². The SMILES string of the molecule is CC1CC=C[C@@H](C)C1(C)C. The molecule has 0 amide bonds. The van der Waals surface area contributed by atoms with Crippen molar-refractivity contribution in [3.8, 4) is 0 Å². The third-order valence-electron chi connectivity index (χ3n) is 3.36. The highest BCUT2D eigenvalue weighted by molar-refractivity contribution is 5.01. The molecule has 1 unspecified atom stereocenters. The Balaban J connectivity index is 2.78. The first-order chi connectivity index (χ1) is 4.55. The summed E-state index contributed by atoms with van der Waals surface area (Å²) in [6.45, 7) is 9.39. The van der Waals surface area contributed by atoms with Crippen LogP contribution in [0.25, 0.3) is 0 Å². The highest BCUT2D eigenvalue weighted by Crippen LogP contribution is 2.40. The fourth-order valence-electron chi connectivity index (χ4n) is 1.49. The molecule has 0 aromatic carbocycles. The summed E-state index contributed by atoms with van der Waals surface area (Å²) < 4.78 is 0. The minimum absolute atomic E-state index is 0.509. The van der Waals surface area contributed by atoms with Crippen molar-refractivity contribution in [2.75, 3.05) is 0 Å².